The summed E-state index contributed by atoms with van der Waals surface area (Å²) in [5.41, 5.74) is 2.89. The quantitative estimate of drug-likeness (QED) is 0.646. The van der Waals surface area contributed by atoms with Gasteiger partial charge >= 0.3 is 0 Å². The highest BCUT2D eigenvalue weighted by molar-refractivity contribution is 5.88. The highest BCUT2D eigenvalue weighted by atomic mass is 16.5. The monoisotopic (exact) mass is 406 g/mol. The van der Waals surface area contributed by atoms with Gasteiger partial charge in [0.1, 0.15) is 11.5 Å². The maximum absolute atomic E-state index is 5.49. The minimum absolute atomic E-state index is 0.460. The molecule has 0 amide bonds. The third-order valence-corrected chi connectivity index (χ3v) is 5.88. The average molecular weight is 407 g/mol. The van der Waals surface area contributed by atoms with Gasteiger partial charge in [0, 0.05) is 54.8 Å². The van der Waals surface area contributed by atoms with Crippen LogP contribution in [-0.2, 0) is 0 Å². The second-order valence-electron chi connectivity index (χ2n) is 8.05. The zero-order valence-electron chi connectivity index (χ0n) is 18.2. The molecule has 0 radical (unpaired) electrons. The van der Waals surface area contributed by atoms with Gasteiger partial charge in [-0.15, -0.1) is 0 Å². The summed E-state index contributed by atoms with van der Waals surface area (Å²) in [7, 11) is 3.29. The first-order chi connectivity index (χ1) is 14.6. The molecule has 30 heavy (non-hydrogen) atoms. The number of para-hydroxylation sites is 1. The van der Waals surface area contributed by atoms with Crippen molar-refractivity contribution in [2.24, 2.45) is 0 Å². The summed E-state index contributed by atoms with van der Waals surface area (Å²) in [6, 6.07) is 13.1. The number of nitrogens with one attached hydrogen (secondary N) is 1. The number of likely N-dealkylation sites (tertiary alicyclic amines) is 1. The standard InChI is InChI=1S/C24H30N4O2/c1-16(2)28-11-9-17(10-12-28)26-21-8-6-5-7-19(21)24-25-15-20-22(27-24)13-18(29-3)14-23(20)30-4/h5-8,13-17,26H,9-12H2,1-4H3. The SMILES string of the molecule is COc1cc(OC)c2cnc(-c3ccccc3NC3CCN(C(C)C)CC3)nc2c1. The van der Waals surface area contributed by atoms with Crippen molar-refractivity contribution in [2.45, 2.75) is 38.8 Å². The van der Waals surface area contributed by atoms with Gasteiger partial charge < -0.3 is 19.7 Å². The van der Waals surface area contributed by atoms with E-state index in [1.165, 1.54) is 0 Å². The van der Waals surface area contributed by atoms with E-state index in [0.717, 1.165) is 48.1 Å². The van der Waals surface area contributed by atoms with E-state index in [2.05, 4.69) is 47.2 Å². The summed E-state index contributed by atoms with van der Waals surface area (Å²) < 4.78 is 10.9. The zero-order chi connectivity index (χ0) is 21.1. The lowest BCUT2D eigenvalue weighted by Gasteiger charge is -2.35. The second kappa shape index (κ2) is 8.88. The Bertz CT molecular complexity index is 1010. The lowest BCUT2D eigenvalue weighted by molar-refractivity contribution is 0.177. The van der Waals surface area contributed by atoms with Crippen LogP contribution >= 0.6 is 0 Å². The van der Waals surface area contributed by atoms with Crippen molar-refractivity contribution in [3.05, 3.63) is 42.6 Å². The summed E-state index contributed by atoms with van der Waals surface area (Å²) in [6.45, 7) is 6.79. The Morgan fingerprint density at radius 3 is 2.53 bits per heavy atom. The fraction of sp³-hybridized carbons (Fsp3) is 0.417. The van der Waals surface area contributed by atoms with Crippen LogP contribution < -0.4 is 14.8 Å². The Balaban J connectivity index is 1.63. The van der Waals surface area contributed by atoms with Crippen LogP contribution in [-0.4, -0.2) is 54.3 Å². The van der Waals surface area contributed by atoms with E-state index in [-0.39, 0.29) is 0 Å². The Hall–Kier alpha value is -2.86. The van der Waals surface area contributed by atoms with Crippen LogP contribution in [0.15, 0.2) is 42.6 Å². The van der Waals surface area contributed by atoms with Crippen molar-refractivity contribution in [3.63, 3.8) is 0 Å². The molecule has 2 heterocycles. The van der Waals surface area contributed by atoms with Gasteiger partial charge in [0.25, 0.3) is 0 Å². The molecule has 1 N–H and O–H groups in total. The van der Waals surface area contributed by atoms with E-state index in [1.807, 2.05) is 24.4 Å². The fourth-order valence-corrected chi connectivity index (χ4v) is 4.08. The predicted molar refractivity (Wildman–Crippen MR) is 121 cm³/mol. The maximum Gasteiger partial charge on any atom is 0.161 e. The summed E-state index contributed by atoms with van der Waals surface area (Å²) in [5, 5.41) is 4.61. The molecule has 1 aromatic heterocycles. The highest BCUT2D eigenvalue weighted by Crippen LogP contribution is 2.33. The van der Waals surface area contributed by atoms with Crippen LogP contribution in [0.5, 0.6) is 11.5 Å². The highest BCUT2D eigenvalue weighted by Gasteiger charge is 2.21. The van der Waals surface area contributed by atoms with Crippen LogP contribution in [0.25, 0.3) is 22.3 Å². The van der Waals surface area contributed by atoms with Gasteiger partial charge in [-0.1, -0.05) is 12.1 Å². The lowest BCUT2D eigenvalue weighted by atomic mass is 10.0. The minimum Gasteiger partial charge on any atom is -0.497 e. The van der Waals surface area contributed by atoms with E-state index in [9.17, 15) is 0 Å². The van der Waals surface area contributed by atoms with Crippen molar-refractivity contribution >= 4 is 16.6 Å². The van der Waals surface area contributed by atoms with Gasteiger partial charge in [0.05, 0.1) is 25.1 Å². The number of methoxy groups -OCH3 is 2. The largest absolute Gasteiger partial charge is 0.497 e. The third kappa shape index (κ3) is 4.19. The van der Waals surface area contributed by atoms with Crippen LogP contribution in [0.3, 0.4) is 0 Å². The number of aromatic nitrogens is 2. The van der Waals surface area contributed by atoms with Crippen LogP contribution in [0, 0.1) is 0 Å². The molecule has 1 saturated heterocycles. The van der Waals surface area contributed by atoms with E-state index in [1.54, 1.807) is 14.2 Å². The van der Waals surface area contributed by atoms with Gasteiger partial charge in [-0.2, -0.15) is 0 Å². The normalized spacial score (nSPS) is 15.5. The molecule has 1 aliphatic rings. The predicted octanol–water partition coefficient (Wildman–Crippen LogP) is 4.60. The smallest absolute Gasteiger partial charge is 0.161 e. The Morgan fingerprint density at radius 2 is 1.83 bits per heavy atom. The Kier molecular flexibility index (Phi) is 6.04. The summed E-state index contributed by atoms with van der Waals surface area (Å²) in [5.74, 6) is 2.12. The van der Waals surface area contributed by atoms with Crippen molar-refractivity contribution in [3.8, 4) is 22.9 Å². The van der Waals surface area contributed by atoms with E-state index in [4.69, 9.17) is 14.5 Å². The number of rotatable bonds is 6. The number of piperidine rings is 1. The van der Waals surface area contributed by atoms with Gasteiger partial charge in [-0.05, 0) is 38.8 Å². The molecule has 6 nitrogen and oxygen atoms in total. The van der Waals surface area contributed by atoms with Crippen molar-refractivity contribution < 1.29 is 9.47 Å². The molecular weight excluding hydrogens is 376 g/mol. The summed E-state index contributed by atoms with van der Waals surface area (Å²) in [4.78, 5) is 12.0. The first-order valence-corrected chi connectivity index (χ1v) is 10.6. The van der Waals surface area contributed by atoms with Gasteiger partial charge in [-0.3, -0.25) is 0 Å². The lowest BCUT2D eigenvalue weighted by Crippen LogP contribution is -2.42. The van der Waals surface area contributed by atoms with E-state index < -0.39 is 0 Å². The molecular formula is C24H30N4O2. The molecule has 0 atom stereocenters. The molecule has 4 rings (SSSR count). The Labute approximate surface area is 178 Å². The summed E-state index contributed by atoms with van der Waals surface area (Å²) >= 11 is 0. The van der Waals surface area contributed by atoms with Crippen molar-refractivity contribution in [2.75, 3.05) is 32.6 Å². The maximum atomic E-state index is 5.49. The van der Waals surface area contributed by atoms with E-state index >= 15 is 0 Å². The van der Waals surface area contributed by atoms with E-state index in [0.29, 0.717) is 29.4 Å². The molecule has 6 heteroatoms. The van der Waals surface area contributed by atoms with Crippen LogP contribution in [0.4, 0.5) is 5.69 Å². The average Bonchev–Trinajstić information content (AvgIpc) is 2.78. The number of fused-ring (bicyclic) bond motifs is 1. The third-order valence-electron chi connectivity index (χ3n) is 5.88. The van der Waals surface area contributed by atoms with Gasteiger partial charge in [-0.25, -0.2) is 9.97 Å². The number of hydrogen-bond donors (Lipinski definition) is 1. The molecule has 2 aromatic carbocycles. The van der Waals surface area contributed by atoms with Crippen molar-refractivity contribution in [1.82, 2.24) is 14.9 Å². The number of nitrogens with zero attached hydrogens (tertiary/aromatic N) is 3. The van der Waals surface area contributed by atoms with Crippen LogP contribution in [0.1, 0.15) is 26.7 Å². The molecule has 0 unspecified atom stereocenters. The number of hydrogen-bond acceptors (Lipinski definition) is 6. The topological polar surface area (TPSA) is 59.5 Å². The molecule has 158 valence electrons. The van der Waals surface area contributed by atoms with Gasteiger partial charge in [0.2, 0.25) is 0 Å². The Morgan fingerprint density at radius 1 is 1.07 bits per heavy atom. The van der Waals surface area contributed by atoms with Crippen molar-refractivity contribution in [1.29, 1.82) is 0 Å². The molecule has 1 fully saturated rings. The first kappa shape index (κ1) is 20.4. The molecule has 1 aliphatic heterocycles. The van der Waals surface area contributed by atoms with Crippen LogP contribution in [0.2, 0.25) is 0 Å². The molecule has 0 bridgehead atoms. The number of benzene rings is 2. The minimum atomic E-state index is 0.460. The van der Waals surface area contributed by atoms with Gasteiger partial charge in [0.15, 0.2) is 5.82 Å². The second-order valence-corrected chi connectivity index (χ2v) is 8.05. The number of ether oxygens (including phenoxy) is 2. The molecule has 0 spiro atoms. The first-order valence-electron chi connectivity index (χ1n) is 10.6. The molecule has 3 aromatic rings. The number of anilines is 1. The molecule has 0 saturated carbocycles. The zero-order valence-corrected chi connectivity index (χ0v) is 18.2. The fourth-order valence-electron chi connectivity index (χ4n) is 4.08. The molecule has 0 aliphatic carbocycles. The summed E-state index contributed by atoms with van der Waals surface area (Å²) in [6.07, 6.45) is 4.10.